The van der Waals surface area contributed by atoms with Gasteiger partial charge >= 0.3 is 6.09 Å². The Bertz CT molecular complexity index is 1510. The van der Waals surface area contributed by atoms with E-state index >= 15 is 0 Å². The van der Waals surface area contributed by atoms with Crippen LogP contribution in [-0.4, -0.2) is 64.8 Å². The fourth-order valence-electron chi connectivity index (χ4n) is 5.51. The summed E-state index contributed by atoms with van der Waals surface area (Å²) in [5.41, 5.74) is 2.22. The Kier molecular flexibility index (Phi) is 6.56. The van der Waals surface area contributed by atoms with E-state index in [9.17, 15) is 9.59 Å². The van der Waals surface area contributed by atoms with Crippen molar-refractivity contribution in [3.8, 4) is 0 Å². The summed E-state index contributed by atoms with van der Waals surface area (Å²) in [6, 6.07) is 15.1. The van der Waals surface area contributed by atoms with Crippen molar-refractivity contribution in [1.82, 2.24) is 19.4 Å². The van der Waals surface area contributed by atoms with Crippen LogP contribution in [0.15, 0.2) is 53.6 Å². The zero-order valence-electron chi connectivity index (χ0n) is 21.1. The van der Waals surface area contributed by atoms with Gasteiger partial charge in [0.1, 0.15) is 4.83 Å². The van der Waals surface area contributed by atoms with Crippen molar-refractivity contribution < 1.29 is 9.53 Å². The maximum absolute atomic E-state index is 13.4. The standard InChI is InChI=1S/C28H31N5O3S/c1-2-36-28(35)33-17-22-24(18-33)37-26-25(22)27(34)32(19-29-26)16-14-30-11-6-12-31(15-13-30)23-10-5-8-20-7-3-4-9-21(20)23/h3-5,7-10,19H,2,6,11-18H2,1H3. The summed E-state index contributed by atoms with van der Waals surface area (Å²) in [5.74, 6) is 0. The summed E-state index contributed by atoms with van der Waals surface area (Å²) in [6.07, 6.45) is 2.43. The van der Waals surface area contributed by atoms with Crippen molar-refractivity contribution in [3.63, 3.8) is 0 Å². The smallest absolute Gasteiger partial charge is 0.410 e. The Morgan fingerprint density at radius 2 is 1.89 bits per heavy atom. The summed E-state index contributed by atoms with van der Waals surface area (Å²) in [5, 5.41) is 3.23. The van der Waals surface area contributed by atoms with Crippen LogP contribution in [-0.2, 0) is 24.4 Å². The maximum atomic E-state index is 13.4. The lowest BCUT2D eigenvalue weighted by Crippen LogP contribution is -2.34. The van der Waals surface area contributed by atoms with Crippen molar-refractivity contribution in [3.05, 3.63) is 69.6 Å². The lowest BCUT2D eigenvalue weighted by molar-refractivity contribution is 0.107. The van der Waals surface area contributed by atoms with Crippen LogP contribution in [0.3, 0.4) is 0 Å². The Labute approximate surface area is 219 Å². The molecule has 2 aromatic heterocycles. The van der Waals surface area contributed by atoms with Gasteiger partial charge in [0.25, 0.3) is 5.56 Å². The molecule has 0 aliphatic carbocycles. The molecule has 9 heteroatoms. The fraction of sp³-hybridized carbons (Fsp3) is 0.393. The van der Waals surface area contributed by atoms with Crippen LogP contribution in [0.1, 0.15) is 23.8 Å². The van der Waals surface area contributed by atoms with E-state index in [0.717, 1.165) is 54.4 Å². The Balaban J connectivity index is 1.14. The highest BCUT2D eigenvalue weighted by molar-refractivity contribution is 7.18. The second-order valence-electron chi connectivity index (χ2n) is 9.66. The number of thiophene rings is 1. The molecule has 0 atom stereocenters. The van der Waals surface area contributed by atoms with Gasteiger partial charge in [-0.1, -0.05) is 36.4 Å². The molecule has 0 spiro atoms. The van der Waals surface area contributed by atoms with E-state index in [4.69, 9.17) is 4.74 Å². The molecule has 0 bridgehead atoms. The van der Waals surface area contributed by atoms with Gasteiger partial charge in [-0.2, -0.15) is 0 Å². The minimum atomic E-state index is -0.332. The van der Waals surface area contributed by atoms with Gasteiger partial charge in [-0.3, -0.25) is 19.2 Å². The molecule has 0 N–H and O–H groups in total. The maximum Gasteiger partial charge on any atom is 0.410 e. The van der Waals surface area contributed by atoms with Gasteiger partial charge in [0, 0.05) is 54.2 Å². The quantitative estimate of drug-likeness (QED) is 0.393. The van der Waals surface area contributed by atoms with E-state index in [0.29, 0.717) is 31.6 Å². The van der Waals surface area contributed by atoms with Gasteiger partial charge in [-0.05, 0) is 31.3 Å². The topological polar surface area (TPSA) is 70.9 Å². The van der Waals surface area contributed by atoms with E-state index in [-0.39, 0.29) is 11.7 Å². The molecular formula is C28H31N5O3S. The number of amides is 1. The van der Waals surface area contributed by atoms with Gasteiger partial charge in [-0.25, -0.2) is 9.78 Å². The summed E-state index contributed by atoms with van der Waals surface area (Å²) >= 11 is 1.51. The number of rotatable bonds is 5. The fourth-order valence-corrected chi connectivity index (χ4v) is 6.67. The molecule has 0 saturated carbocycles. The van der Waals surface area contributed by atoms with Gasteiger partial charge in [0.05, 0.1) is 31.4 Å². The summed E-state index contributed by atoms with van der Waals surface area (Å²) in [6.45, 7) is 8.38. The predicted octanol–water partition coefficient (Wildman–Crippen LogP) is 4.30. The normalized spacial score (nSPS) is 16.4. The summed E-state index contributed by atoms with van der Waals surface area (Å²) in [7, 11) is 0. The Morgan fingerprint density at radius 1 is 1.03 bits per heavy atom. The molecule has 4 heterocycles. The number of ether oxygens (including phenoxy) is 1. The number of nitrogens with zero attached hydrogens (tertiary/aromatic N) is 5. The number of fused-ring (bicyclic) bond motifs is 4. The van der Waals surface area contributed by atoms with E-state index in [2.05, 4.69) is 57.2 Å². The van der Waals surface area contributed by atoms with Crippen molar-refractivity contribution in [2.24, 2.45) is 0 Å². The monoisotopic (exact) mass is 517 g/mol. The van der Waals surface area contributed by atoms with E-state index in [1.807, 2.05) is 0 Å². The van der Waals surface area contributed by atoms with Crippen LogP contribution in [0.4, 0.5) is 10.5 Å². The first kappa shape index (κ1) is 23.9. The van der Waals surface area contributed by atoms with Crippen LogP contribution in [0.2, 0.25) is 0 Å². The minimum Gasteiger partial charge on any atom is -0.450 e. The molecule has 0 unspecified atom stereocenters. The van der Waals surface area contributed by atoms with E-state index < -0.39 is 0 Å². The first-order valence-electron chi connectivity index (χ1n) is 13.0. The van der Waals surface area contributed by atoms with E-state index in [1.165, 1.54) is 27.8 Å². The van der Waals surface area contributed by atoms with Gasteiger partial charge < -0.3 is 9.64 Å². The van der Waals surface area contributed by atoms with E-state index in [1.54, 1.807) is 22.7 Å². The molecule has 2 aliphatic heterocycles. The zero-order chi connectivity index (χ0) is 25.4. The third-order valence-corrected chi connectivity index (χ3v) is 8.55. The molecule has 2 aromatic carbocycles. The lowest BCUT2D eigenvalue weighted by Gasteiger charge is -2.25. The number of anilines is 1. The summed E-state index contributed by atoms with van der Waals surface area (Å²) in [4.78, 5) is 38.6. The number of aromatic nitrogens is 2. The van der Waals surface area contributed by atoms with Crippen LogP contribution < -0.4 is 10.5 Å². The summed E-state index contributed by atoms with van der Waals surface area (Å²) < 4.78 is 6.88. The number of carbonyl (C=O) groups is 1. The molecule has 6 rings (SSSR count). The van der Waals surface area contributed by atoms with Gasteiger partial charge in [0.15, 0.2) is 0 Å². The molecule has 0 radical (unpaired) electrons. The SMILES string of the molecule is CCOC(=O)N1Cc2sc3ncn(CCN4CCCN(c5cccc6ccccc56)CC4)c(=O)c3c2C1. The molecule has 37 heavy (non-hydrogen) atoms. The Hall–Kier alpha value is -3.43. The molecular weight excluding hydrogens is 486 g/mol. The van der Waals surface area contributed by atoms with Crippen LogP contribution in [0.5, 0.6) is 0 Å². The second-order valence-corrected chi connectivity index (χ2v) is 10.7. The number of hydrogen-bond acceptors (Lipinski definition) is 7. The number of hydrogen-bond donors (Lipinski definition) is 0. The van der Waals surface area contributed by atoms with Crippen LogP contribution >= 0.6 is 11.3 Å². The molecule has 8 nitrogen and oxygen atoms in total. The van der Waals surface area contributed by atoms with Gasteiger partial charge in [0.2, 0.25) is 0 Å². The zero-order valence-corrected chi connectivity index (χ0v) is 21.9. The van der Waals surface area contributed by atoms with Crippen molar-refractivity contribution in [2.75, 3.05) is 44.2 Å². The molecule has 1 saturated heterocycles. The van der Waals surface area contributed by atoms with Crippen molar-refractivity contribution in [1.29, 1.82) is 0 Å². The second kappa shape index (κ2) is 10.1. The molecule has 1 amide bonds. The lowest BCUT2D eigenvalue weighted by atomic mass is 10.1. The Morgan fingerprint density at radius 3 is 2.78 bits per heavy atom. The van der Waals surface area contributed by atoms with Crippen molar-refractivity contribution in [2.45, 2.75) is 33.0 Å². The first-order valence-corrected chi connectivity index (χ1v) is 13.8. The third-order valence-electron chi connectivity index (χ3n) is 7.42. The highest BCUT2D eigenvalue weighted by Gasteiger charge is 2.30. The van der Waals surface area contributed by atoms with Crippen LogP contribution in [0.25, 0.3) is 21.0 Å². The third kappa shape index (κ3) is 4.57. The average Bonchev–Trinajstić information content (AvgIpc) is 3.38. The molecule has 1 fully saturated rings. The molecule has 2 aliphatic rings. The van der Waals surface area contributed by atoms with Crippen molar-refractivity contribution >= 4 is 44.1 Å². The minimum absolute atomic E-state index is 0.0135. The number of benzene rings is 2. The highest BCUT2D eigenvalue weighted by atomic mass is 32.1. The first-order chi connectivity index (χ1) is 18.1. The largest absolute Gasteiger partial charge is 0.450 e. The average molecular weight is 518 g/mol. The number of carbonyl (C=O) groups excluding carboxylic acids is 1. The highest BCUT2D eigenvalue weighted by Crippen LogP contribution is 2.35. The molecule has 4 aromatic rings. The predicted molar refractivity (Wildman–Crippen MR) is 147 cm³/mol. The molecule has 192 valence electrons. The van der Waals surface area contributed by atoms with Gasteiger partial charge in [-0.15, -0.1) is 11.3 Å². The van der Waals surface area contributed by atoms with Crippen LogP contribution in [0, 0.1) is 0 Å².